The van der Waals surface area contributed by atoms with Gasteiger partial charge in [0.05, 0.1) is 0 Å². The Bertz CT molecular complexity index is 358. The molecule has 0 rings (SSSR count). The van der Waals surface area contributed by atoms with Crippen LogP contribution in [0.3, 0.4) is 0 Å². The molecule has 21 heavy (non-hydrogen) atoms. The molecule has 2 unspecified atom stereocenters. The average Bonchev–Trinajstić information content (AvgIpc) is 2.45. The van der Waals surface area contributed by atoms with Gasteiger partial charge in [0, 0.05) is 19.3 Å². The van der Waals surface area contributed by atoms with Crippen molar-refractivity contribution in [3.05, 3.63) is 0 Å². The highest BCUT2D eigenvalue weighted by Gasteiger charge is 2.52. The Morgan fingerprint density at radius 2 is 1.24 bits per heavy atom. The SMILES string of the molecule is CCCC(=O)C(O)C(O)C(O)(C(=O)CCC)C(=O)CCC. The molecule has 0 aliphatic carbocycles. The number of aliphatic hydroxyl groups is 3. The van der Waals surface area contributed by atoms with Gasteiger partial charge < -0.3 is 15.3 Å². The highest BCUT2D eigenvalue weighted by Crippen LogP contribution is 2.23. The first kappa shape index (κ1) is 19.9. The quantitative estimate of drug-likeness (QED) is 0.480. The van der Waals surface area contributed by atoms with Gasteiger partial charge in [0.15, 0.2) is 17.3 Å². The normalized spacial score (nSPS) is 14.6. The summed E-state index contributed by atoms with van der Waals surface area (Å²) in [4.78, 5) is 35.8. The largest absolute Gasteiger partial charge is 0.386 e. The fourth-order valence-corrected chi connectivity index (χ4v) is 2.12. The Balaban J connectivity index is 5.42. The van der Waals surface area contributed by atoms with Crippen LogP contribution in [-0.4, -0.2) is 50.5 Å². The molecule has 0 aromatic carbocycles. The van der Waals surface area contributed by atoms with Gasteiger partial charge in [0.25, 0.3) is 0 Å². The van der Waals surface area contributed by atoms with E-state index in [4.69, 9.17) is 0 Å². The summed E-state index contributed by atoms with van der Waals surface area (Å²) in [7, 11) is 0. The lowest BCUT2D eigenvalue weighted by Gasteiger charge is -2.32. The number of ketones is 3. The summed E-state index contributed by atoms with van der Waals surface area (Å²) in [5.41, 5.74) is -2.71. The van der Waals surface area contributed by atoms with E-state index in [2.05, 4.69) is 0 Å². The van der Waals surface area contributed by atoms with E-state index in [1.54, 1.807) is 20.8 Å². The second-order valence-electron chi connectivity index (χ2n) is 5.22. The molecule has 0 aromatic rings. The molecule has 0 saturated carbocycles. The van der Waals surface area contributed by atoms with Crippen molar-refractivity contribution < 1.29 is 29.7 Å². The molecule has 0 saturated heterocycles. The van der Waals surface area contributed by atoms with Crippen LogP contribution in [0.4, 0.5) is 0 Å². The highest BCUT2D eigenvalue weighted by atomic mass is 16.4. The van der Waals surface area contributed by atoms with Crippen LogP contribution in [0.5, 0.6) is 0 Å². The van der Waals surface area contributed by atoms with Gasteiger partial charge in [-0.25, -0.2) is 0 Å². The summed E-state index contributed by atoms with van der Waals surface area (Å²) >= 11 is 0. The standard InChI is InChI=1S/C15H26O6/c1-4-7-10(16)13(19)14(20)15(21,11(17)8-5-2)12(18)9-6-3/h13-14,19-21H,4-9H2,1-3H3. The van der Waals surface area contributed by atoms with Crippen molar-refractivity contribution in [1.29, 1.82) is 0 Å². The molecular formula is C15H26O6. The molecule has 3 N–H and O–H groups in total. The molecule has 0 heterocycles. The molecule has 0 amide bonds. The zero-order valence-corrected chi connectivity index (χ0v) is 13.0. The summed E-state index contributed by atoms with van der Waals surface area (Å²) in [6.07, 6.45) is -3.09. The van der Waals surface area contributed by atoms with E-state index >= 15 is 0 Å². The first-order valence-corrected chi connectivity index (χ1v) is 7.45. The Hall–Kier alpha value is -1.11. The van der Waals surface area contributed by atoms with Crippen molar-refractivity contribution in [2.45, 2.75) is 77.1 Å². The van der Waals surface area contributed by atoms with Crippen LogP contribution in [-0.2, 0) is 14.4 Å². The number of rotatable bonds is 11. The molecule has 2 atom stereocenters. The number of carbonyl (C=O) groups is 3. The monoisotopic (exact) mass is 302 g/mol. The first-order valence-electron chi connectivity index (χ1n) is 7.45. The number of hydrogen-bond donors (Lipinski definition) is 3. The van der Waals surface area contributed by atoms with Gasteiger partial charge >= 0.3 is 0 Å². The van der Waals surface area contributed by atoms with Crippen LogP contribution in [0.25, 0.3) is 0 Å². The molecule has 0 bridgehead atoms. The second-order valence-corrected chi connectivity index (χ2v) is 5.22. The lowest BCUT2D eigenvalue weighted by atomic mass is 9.80. The second kappa shape index (κ2) is 9.02. The first-order chi connectivity index (χ1) is 9.77. The maximum atomic E-state index is 12.1. The van der Waals surface area contributed by atoms with E-state index in [1.807, 2.05) is 0 Å². The maximum Gasteiger partial charge on any atom is 0.210 e. The highest BCUT2D eigenvalue weighted by molar-refractivity contribution is 6.11. The van der Waals surface area contributed by atoms with E-state index in [0.29, 0.717) is 19.3 Å². The van der Waals surface area contributed by atoms with Gasteiger partial charge in [-0.15, -0.1) is 0 Å². The predicted molar refractivity (Wildman–Crippen MR) is 76.7 cm³/mol. The fourth-order valence-electron chi connectivity index (χ4n) is 2.12. The van der Waals surface area contributed by atoms with E-state index in [-0.39, 0.29) is 19.3 Å². The summed E-state index contributed by atoms with van der Waals surface area (Å²) in [5, 5.41) is 30.3. The minimum absolute atomic E-state index is 0.00174. The molecule has 0 aliphatic heterocycles. The number of carbonyl (C=O) groups excluding carboxylic acids is 3. The van der Waals surface area contributed by atoms with Gasteiger partial charge in [0.1, 0.15) is 12.2 Å². The van der Waals surface area contributed by atoms with Crippen LogP contribution in [0, 0.1) is 0 Å². The van der Waals surface area contributed by atoms with E-state index in [9.17, 15) is 29.7 Å². The molecular weight excluding hydrogens is 276 g/mol. The Labute approximate surface area is 125 Å². The minimum atomic E-state index is -2.71. The Kier molecular flexibility index (Phi) is 8.54. The number of hydrogen-bond acceptors (Lipinski definition) is 6. The molecule has 0 radical (unpaired) electrons. The third-order valence-corrected chi connectivity index (χ3v) is 3.36. The summed E-state index contributed by atoms with van der Waals surface area (Å²) in [6.45, 7) is 5.09. The molecule has 122 valence electrons. The zero-order chi connectivity index (χ0) is 16.6. The van der Waals surface area contributed by atoms with Gasteiger partial charge in [0.2, 0.25) is 5.60 Å². The van der Waals surface area contributed by atoms with Crippen molar-refractivity contribution in [2.24, 2.45) is 0 Å². The number of Topliss-reactive ketones (excluding diaryl/α,β-unsaturated/α-hetero) is 3. The van der Waals surface area contributed by atoms with Gasteiger partial charge in [-0.3, -0.25) is 14.4 Å². The third kappa shape index (κ3) is 4.69. The van der Waals surface area contributed by atoms with Crippen molar-refractivity contribution in [3.8, 4) is 0 Å². The van der Waals surface area contributed by atoms with Crippen LogP contribution in [0.2, 0.25) is 0 Å². The van der Waals surface area contributed by atoms with Crippen molar-refractivity contribution in [1.82, 2.24) is 0 Å². The lowest BCUT2D eigenvalue weighted by molar-refractivity contribution is -0.174. The summed E-state index contributed by atoms with van der Waals surface area (Å²) in [5.74, 6) is -2.42. The molecule has 6 heteroatoms. The van der Waals surface area contributed by atoms with E-state index < -0.39 is 35.2 Å². The Morgan fingerprint density at radius 1 is 0.857 bits per heavy atom. The number of aliphatic hydroxyl groups excluding tert-OH is 2. The van der Waals surface area contributed by atoms with Gasteiger partial charge in [-0.1, -0.05) is 20.8 Å². The molecule has 0 aliphatic rings. The Morgan fingerprint density at radius 3 is 1.57 bits per heavy atom. The summed E-state index contributed by atoms with van der Waals surface area (Å²) < 4.78 is 0. The van der Waals surface area contributed by atoms with Gasteiger partial charge in [-0.05, 0) is 19.3 Å². The lowest BCUT2D eigenvalue weighted by Crippen LogP contribution is -2.61. The minimum Gasteiger partial charge on any atom is -0.386 e. The van der Waals surface area contributed by atoms with Crippen LogP contribution < -0.4 is 0 Å². The third-order valence-electron chi connectivity index (χ3n) is 3.36. The smallest absolute Gasteiger partial charge is 0.210 e. The summed E-state index contributed by atoms with van der Waals surface area (Å²) in [6, 6.07) is 0. The van der Waals surface area contributed by atoms with Crippen molar-refractivity contribution >= 4 is 17.3 Å². The van der Waals surface area contributed by atoms with Crippen molar-refractivity contribution in [3.63, 3.8) is 0 Å². The van der Waals surface area contributed by atoms with E-state index in [1.165, 1.54) is 0 Å². The maximum absolute atomic E-state index is 12.1. The van der Waals surface area contributed by atoms with Crippen LogP contribution in [0.15, 0.2) is 0 Å². The average molecular weight is 302 g/mol. The fraction of sp³-hybridized carbons (Fsp3) is 0.800. The van der Waals surface area contributed by atoms with Crippen LogP contribution in [0.1, 0.15) is 59.3 Å². The van der Waals surface area contributed by atoms with Crippen LogP contribution >= 0.6 is 0 Å². The zero-order valence-electron chi connectivity index (χ0n) is 13.0. The van der Waals surface area contributed by atoms with E-state index in [0.717, 1.165) is 0 Å². The predicted octanol–water partition coefficient (Wildman–Crippen LogP) is 0.547. The van der Waals surface area contributed by atoms with Crippen molar-refractivity contribution in [2.75, 3.05) is 0 Å². The van der Waals surface area contributed by atoms with Gasteiger partial charge in [-0.2, -0.15) is 0 Å². The molecule has 0 spiro atoms. The molecule has 0 fully saturated rings. The molecule has 6 nitrogen and oxygen atoms in total. The topological polar surface area (TPSA) is 112 Å². The molecule has 0 aromatic heterocycles.